The van der Waals surface area contributed by atoms with E-state index in [2.05, 4.69) is 29.3 Å². The van der Waals surface area contributed by atoms with Crippen molar-refractivity contribution in [3.63, 3.8) is 0 Å². The highest BCUT2D eigenvalue weighted by Crippen LogP contribution is 2.20. The second kappa shape index (κ2) is 8.11. The van der Waals surface area contributed by atoms with Crippen molar-refractivity contribution < 1.29 is 4.79 Å². The first-order valence-corrected chi connectivity index (χ1v) is 8.92. The van der Waals surface area contributed by atoms with Crippen LogP contribution in [0.4, 0.5) is 0 Å². The van der Waals surface area contributed by atoms with E-state index in [1.807, 2.05) is 42.5 Å². The summed E-state index contributed by atoms with van der Waals surface area (Å²) in [5, 5.41) is 3.09. The molecule has 2 aromatic carbocycles. The Balaban J connectivity index is 1.61. The van der Waals surface area contributed by atoms with Crippen LogP contribution in [-0.2, 0) is 0 Å². The van der Waals surface area contributed by atoms with Crippen molar-refractivity contribution in [3.05, 3.63) is 60.2 Å². The van der Waals surface area contributed by atoms with E-state index in [-0.39, 0.29) is 5.91 Å². The van der Waals surface area contributed by atoms with Gasteiger partial charge in [0.05, 0.1) is 0 Å². The molecule has 0 bridgehead atoms. The fraction of sp³-hybridized carbons (Fsp3) is 0.381. The predicted molar refractivity (Wildman–Crippen MR) is 99.1 cm³/mol. The van der Waals surface area contributed by atoms with Crippen molar-refractivity contribution >= 4 is 5.91 Å². The maximum atomic E-state index is 12.5. The lowest BCUT2D eigenvalue weighted by molar-refractivity contribution is 0.0930. The van der Waals surface area contributed by atoms with Crippen molar-refractivity contribution in [2.24, 2.45) is 0 Å². The van der Waals surface area contributed by atoms with Crippen LogP contribution in [0.25, 0.3) is 11.1 Å². The van der Waals surface area contributed by atoms with E-state index in [1.54, 1.807) is 0 Å². The number of nitrogens with one attached hydrogen (secondary N) is 1. The lowest BCUT2D eigenvalue weighted by atomic mass is 10.0. The van der Waals surface area contributed by atoms with E-state index >= 15 is 0 Å². The molecule has 1 N–H and O–H groups in total. The molecule has 3 heteroatoms. The number of likely N-dealkylation sites (tertiary alicyclic amines) is 1. The minimum absolute atomic E-state index is 0.0108. The molecule has 0 spiro atoms. The second-order valence-electron chi connectivity index (χ2n) is 6.60. The van der Waals surface area contributed by atoms with Gasteiger partial charge in [0.25, 0.3) is 5.91 Å². The summed E-state index contributed by atoms with van der Waals surface area (Å²) in [4.78, 5) is 15.0. The molecule has 24 heavy (non-hydrogen) atoms. The summed E-state index contributed by atoms with van der Waals surface area (Å²) in [6, 6.07) is 18.4. The summed E-state index contributed by atoms with van der Waals surface area (Å²) < 4.78 is 0. The average Bonchev–Trinajstić information content (AvgIpc) is 2.67. The lowest BCUT2D eigenvalue weighted by Gasteiger charge is -2.32. The van der Waals surface area contributed by atoms with Crippen LogP contribution in [0.3, 0.4) is 0 Å². The normalized spacial score (nSPS) is 16.5. The molecule has 0 radical (unpaired) electrons. The Bertz CT molecular complexity index is 663. The molecule has 1 aliphatic heterocycles. The maximum absolute atomic E-state index is 12.5. The summed E-state index contributed by atoms with van der Waals surface area (Å²) in [6.45, 7) is 5.21. The molecule has 2 aromatic rings. The molecule has 0 saturated carbocycles. The Hall–Kier alpha value is -2.13. The molecule has 1 aliphatic rings. The van der Waals surface area contributed by atoms with Crippen molar-refractivity contribution in [3.8, 4) is 11.1 Å². The molecule has 3 nitrogen and oxygen atoms in total. The lowest BCUT2D eigenvalue weighted by Crippen LogP contribution is -2.44. The largest absolute Gasteiger partial charge is 0.350 e. The van der Waals surface area contributed by atoms with E-state index in [1.165, 1.54) is 19.3 Å². The van der Waals surface area contributed by atoms with E-state index in [0.717, 1.165) is 29.8 Å². The highest BCUT2D eigenvalue weighted by atomic mass is 16.1. The van der Waals surface area contributed by atoms with E-state index in [9.17, 15) is 4.79 Å². The number of amides is 1. The van der Waals surface area contributed by atoms with Gasteiger partial charge in [0, 0.05) is 18.2 Å². The first-order valence-electron chi connectivity index (χ1n) is 8.92. The molecule has 1 amide bonds. The zero-order chi connectivity index (χ0) is 16.8. The molecular weight excluding hydrogens is 296 g/mol. The molecular formula is C21H26N2O. The first-order chi connectivity index (χ1) is 11.7. The highest BCUT2D eigenvalue weighted by Gasteiger charge is 2.17. The summed E-state index contributed by atoms with van der Waals surface area (Å²) >= 11 is 0. The third-order valence-corrected chi connectivity index (χ3v) is 4.80. The van der Waals surface area contributed by atoms with Crippen molar-refractivity contribution in [1.29, 1.82) is 0 Å². The molecule has 1 saturated heterocycles. The topological polar surface area (TPSA) is 32.3 Å². The summed E-state index contributed by atoms with van der Waals surface area (Å²) in [5.41, 5.74) is 2.93. The fourth-order valence-corrected chi connectivity index (χ4v) is 3.30. The summed E-state index contributed by atoms with van der Waals surface area (Å²) in [7, 11) is 0. The number of hydrogen-bond acceptors (Lipinski definition) is 2. The van der Waals surface area contributed by atoms with Crippen LogP contribution in [-0.4, -0.2) is 36.5 Å². The number of hydrogen-bond donors (Lipinski definition) is 1. The minimum atomic E-state index is 0.0108. The first kappa shape index (κ1) is 16.7. The van der Waals surface area contributed by atoms with Gasteiger partial charge in [-0.3, -0.25) is 9.69 Å². The number of piperidine rings is 1. The van der Waals surface area contributed by atoms with Gasteiger partial charge in [-0.05, 0) is 56.1 Å². The van der Waals surface area contributed by atoms with E-state index in [0.29, 0.717) is 12.6 Å². The highest BCUT2D eigenvalue weighted by molar-refractivity contribution is 5.95. The third-order valence-electron chi connectivity index (χ3n) is 4.80. The zero-order valence-electron chi connectivity index (χ0n) is 14.4. The van der Waals surface area contributed by atoms with Gasteiger partial charge >= 0.3 is 0 Å². The predicted octanol–water partition coefficient (Wildman–Crippen LogP) is 3.96. The quantitative estimate of drug-likeness (QED) is 0.904. The van der Waals surface area contributed by atoms with Gasteiger partial charge in [0.1, 0.15) is 0 Å². The van der Waals surface area contributed by atoms with Crippen LogP contribution < -0.4 is 5.32 Å². The standard InChI is InChI=1S/C21H26N2O/c1-17(23-13-6-3-7-14-23)16-22-21(24)20-12-8-11-19(15-20)18-9-4-2-5-10-18/h2,4-5,8-12,15,17H,3,6-7,13-14,16H2,1H3,(H,22,24). The van der Waals surface area contributed by atoms with Crippen LogP contribution in [0, 0.1) is 0 Å². The Kier molecular flexibility index (Phi) is 5.65. The van der Waals surface area contributed by atoms with Gasteiger partial charge in [-0.1, -0.05) is 48.9 Å². The van der Waals surface area contributed by atoms with Gasteiger partial charge in [-0.15, -0.1) is 0 Å². The van der Waals surface area contributed by atoms with E-state index in [4.69, 9.17) is 0 Å². The third kappa shape index (κ3) is 4.24. The second-order valence-corrected chi connectivity index (χ2v) is 6.60. The van der Waals surface area contributed by atoms with Crippen LogP contribution in [0.15, 0.2) is 54.6 Å². The number of nitrogens with zero attached hydrogens (tertiary/aromatic N) is 1. The van der Waals surface area contributed by atoms with Crippen molar-refractivity contribution in [2.45, 2.75) is 32.2 Å². The Morgan fingerprint density at radius 2 is 1.71 bits per heavy atom. The SMILES string of the molecule is CC(CNC(=O)c1cccc(-c2ccccc2)c1)N1CCCCC1. The van der Waals surface area contributed by atoms with Gasteiger partial charge in [-0.25, -0.2) is 0 Å². The average molecular weight is 322 g/mol. The molecule has 1 atom stereocenters. The fourth-order valence-electron chi connectivity index (χ4n) is 3.30. The van der Waals surface area contributed by atoms with Gasteiger partial charge in [0.15, 0.2) is 0 Å². The molecule has 126 valence electrons. The zero-order valence-corrected chi connectivity index (χ0v) is 14.4. The Labute approximate surface area is 144 Å². The minimum Gasteiger partial charge on any atom is -0.350 e. The van der Waals surface area contributed by atoms with E-state index < -0.39 is 0 Å². The van der Waals surface area contributed by atoms with Crippen LogP contribution >= 0.6 is 0 Å². The molecule has 3 rings (SSSR count). The number of rotatable bonds is 5. The number of benzene rings is 2. The monoisotopic (exact) mass is 322 g/mol. The van der Waals surface area contributed by atoms with Crippen LogP contribution in [0.2, 0.25) is 0 Å². The molecule has 1 heterocycles. The smallest absolute Gasteiger partial charge is 0.251 e. The summed E-state index contributed by atoms with van der Waals surface area (Å²) in [5.74, 6) is 0.0108. The number of carbonyl (C=O) groups is 1. The van der Waals surface area contributed by atoms with Crippen LogP contribution in [0.5, 0.6) is 0 Å². The molecule has 1 fully saturated rings. The number of carbonyl (C=O) groups excluding carboxylic acids is 1. The van der Waals surface area contributed by atoms with Crippen molar-refractivity contribution in [2.75, 3.05) is 19.6 Å². The van der Waals surface area contributed by atoms with Gasteiger partial charge in [0.2, 0.25) is 0 Å². The summed E-state index contributed by atoms with van der Waals surface area (Å²) in [6.07, 6.45) is 3.89. The molecule has 0 aliphatic carbocycles. The van der Waals surface area contributed by atoms with Crippen molar-refractivity contribution in [1.82, 2.24) is 10.2 Å². The van der Waals surface area contributed by atoms with Gasteiger partial charge < -0.3 is 5.32 Å². The Morgan fingerprint density at radius 1 is 1.00 bits per heavy atom. The maximum Gasteiger partial charge on any atom is 0.251 e. The molecule has 1 unspecified atom stereocenters. The Morgan fingerprint density at radius 3 is 2.46 bits per heavy atom. The molecule has 0 aromatic heterocycles. The van der Waals surface area contributed by atoms with Gasteiger partial charge in [-0.2, -0.15) is 0 Å². The van der Waals surface area contributed by atoms with Crippen LogP contribution in [0.1, 0.15) is 36.5 Å².